The molecule has 0 bridgehead atoms. The van der Waals surface area contributed by atoms with E-state index in [9.17, 15) is 13.2 Å². The first-order chi connectivity index (χ1) is 2.27. The zero-order valence-corrected chi connectivity index (χ0v) is 5.86. The van der Waals surface area contributed by atoms with E-state index < -0.39 is 13.1 Å². The molecule has 5 heteroatoms. The van der Waals surface area contributed by atoms with Crippen LogP contribution < -0.4 is 6.15 Å². The summed E-state index contributed by atoms with van der Waals surface area (Å²) in [4.78, 5) is 0. The van der Waals surface area contributed by atoms with Crippen LogP contribution in [0.4, 0.5) is 13.2 Å². The number of alkyl halides is 3. The summed E-state index contributed by atoms with van der Waals surface area (Å²) in [6.07, 6.45) is -2.78. The lowest BCUT2D eigenvalue weighted by Crippen LogP contribution is -1.88. The molecule has 0 aliphatic carbocycles. The second kappa shape index (κ2) is 9.70. The third-order valence-electron chi connectivity index (χ3n) is 0.117. The second-order valence-corrected chi connectivity index (χ2v) is 0.545. The molecule has 0 aromatic carbocycles. The van der Waals surface area contributed by atoms with Gasteiger partial charge in [0.1, 0.15) is 0 Å². The first kappa shape index (κ1) is 15.6. The summed E-state index contributed by atoms with van der Waals surface area (Å²) in [6, 6.07) is 0. The van der Waals surface area contributed by atoms with Gasteiger partial charge in [0.25, 0.3) is 6.43 Å². The van der Waals surface area contributed by atoms with Crippen molar-refractivity contribution < 1.29 is 13.2 Å². The molecule has 0 aliphatic heterocycles. The molecule has 0 saturated carbocycles. The Hall–Kier alpha value is 0.480. The summed E-state index contributed by atoms with van der Waals surface area (Å²) in [5.41, 5.74) is 0. The Morgan fingerprint density at radius 3 is 1.43 bits per heavy atom. The van der Waals surface area contributed by atoms with Gasteiger partial charge >= 0.3 is 0 Å². The standard InChI is InChI=1S/C2H3F3.HI.H3N/c3-1-2(4)5;;/h2H,1H2;1H;1H3. The molecule has 1 nitrogen and oxygen atoms in total. The lowest BCUT2D eigenvalue weighted by atomic mass is 10.8. The van der Waals surface area contributed by atoms with Gasteiger partial charge in [0.05, 0.1) is 0 Å². The Morgan fingerprint density at radius 2 is 1.43 bits per heavy atom. The molecule has 0 radical (unpaired) electrons. The maximum absolute atomic E-state index is 10.4. The molecular weight excluding hydrogens is 222 g/mol. The van der Waals surface area contributed by atoms with Crippen molar-refractivity contribution in [2.24, 2.45) is 0 Å². The highest BCUT2D eigenvalue weighted by Crippen LogP contribution is 1.88. The normalized spacial score (nSPS) is 6.86. The topological polar surface area (TPSA) is 35.0 Å². The van der Waals surface area contributed by atoms with E-state index >= 15 is 0 Å². The zero-order valence-electron chi connectivity index (χ0n) is 3.53. The van der Waals surface area contributed by atoms with Crippen LogP contribution in [0.1, 0.15) is 0 Å². The summed E-state index contributed by atoms with van der Waals surface area (Å²) in [5.74, 6) is 0. The number of hydrogen-bond acceptors (Lipinski definition) is 1. The molecule has 0 aromatic heterocycles. The van der Waals surface area contributed by atoms with E-state index in [0.29, 0.717) is 0 Å². The van der Waals surface area contributed by atoms with Gasteiger partial charge in [-0.25, -0.2) is 13.2 Å². The number of hydrogen-bond donors (Lipinski definition) is 1. The van der Waals surface area contributed by atoms with Crippen molar-refractivity contribution in [1.29, 1.82) is 0 Å². The highest BCUT2D eigenvalue weighted by Gasteiger charge is 1.95. The molecule has 0 amide bonds. The fourth-order valence-electron chi connectivity index (χ4n) is 0. The van der Waals surface area contributed by atoms with Crippen LogP contribution in [-0.4, -0.2) is 13.1 Å². The van der Waals surface area contributed by atoms with Gasteiger partial charge in [-0.3, -0.25) is 0 Å². The Bertz CT molecular complexity index is 26.9. The predicted molar refractivity (Wildman–Crippen MR) is 32.4 cm³/mol. The molecule has 0 saturated heterocycles. The SMILES string of the molecule is FCC(F)F.I.N. The summed E-state index contributed by atoms with van der Waals surface area (Å²) in [7, 11) is 0. The lowest BCUT2D eigenvalue weighted by molar-refractivity contribution is 0.113. The first-order valence-electron chi connectivity index (χ1n) is 1.11. The van der Waals surface area contributed by atoms with E-state index in [-0.39, 0.29) is 30.1 Å². The largest absolute Gasteiger partial charge is 0.344 e. The average molecular weight is 229 g/mol. The van der Waals surface area contributed by atoms with E-state index in [1.54, 1.807) is 0 Å². The van der Waals surface area contributed by atoms with E-state index in [1.165, 1.54) is 0 Å². The van der Waals surface area contributed by atoms with Gasteiger partial charge in [0.2, 0.25) is 0 Å². The minimum absolute atomic E-state index is 0. The summed E-state index contributed by atoms with van der Waals surface area (Å²) < 4.78 is 31.1. The molecule has 3 N–H and O–H groups in total. The Labute approximate surface area is 56.9 Å². The summed E-state index contributed by atoms with van der Waals surface area (Å²) in [5, 5.41) is 0. The van der Waals surface area contributed by atoms with E-state index in [2.05, 4.69) is 0 Å². The smallest absolute Gasteiger partial charge is 0.266 e. The third kappa shape index (κ3) is 21.1. The van der Waals surface area contributed by atoms with E-state index in [1.807, 2.05) is 0 Å². The van der Waals surface area contributed by atoms with Crippen LogP contribution in [0.25, 0.3) is 0 Å². The number of rotatable bonds is 1. The Morgan fingerprint density at radius 1 is 1.29 bits per heavy atom. The molecule has 0 fully saturated rings. The minimum Gasteiger partial charge on any atom is -0.344 e. The molecule has 7 heavy (non-hydrogen) atoms. The van der Waals surface area contributed by atoms with Crippen LogP contribution in [0.2, 0.25) is 0 Å². The van der Waals surface area contributed by atoms with Crippen molar-refractivity contribution in [2.75, 3.05) is 6.67 Å². The molecule has 0 aromatic rings. The molecule has 0 atom stereocenters. The van der Waals surface area contributed by atoms with E-state index in [4.69, 9.17) is 0 Å². The second-order valence-electron chi connectivity index (χ2n) is 0.545. The monoisotopic (exact) mass is 229 g/mol. The van der Waals surface area contributed by atoms with E-state index in [0.717, 1.165) is 0 Å². The van der Waals surface area contributed by atoms with Crippen LogP contribution >= 0.6 is 24.0 Å². The van der Waals surface area contributed by atoms with Crippen LogP contribution in [0, 0.1) is 0 Å². The van der Waals surface area contributed by atoms with Crippen LogP contribution in [0.15, 0.2) is 0 Å². The fraction of sp³-hybridized carbons (Fsp3) is 1.00. The number of halogens is 4. The van der Waals surface area contributed by atoms with Crippen molar-refractivity contribution in [3.05, 3.63) is 0 Å². The average Bonchev–Trinajstić information content (AvgIpc) is 1.38. The molecule has 0 unspecified atom stereocenters. The van der Waals surface area contributed by atoms with Gasteiger partial charge < -0.3 is 6.15 Å². The summed E-state index contributed by atoms with van der Waals surface area (Å²) in [6.45, 7) is -1.53. The third-order valence-corrected chi connectivity index (χ3v) is 0.117. The Balaban J connectivity index is -0.0000000800. The van der Waals surface area contributed by atoms with Crippen molar-refractivity contribution in [1.82, 2.24) is 6.15 Å². The predicted octanol–water partition coefficient (Wildman–Crippen LogP) is 2.00. The van der Waals surface area contributed by atoms with Crippen LogP contribution in [0.3, 0.4) is 0 Å². The Kier molecular flexibility index (Phi) is 21.7. The van der Waals surface area contributed by atoms with Gasteiger partial charge in [0.15, 0.2) is 6.67 Å². The van der Waals surface area contributed by atoms with Gasteiger partial charge in [0, 0.05) is 0 Å². The fourth-order valence-corrected chi connectivity index (χ4v) is 0. The van der Waals surface area contributed by atoms with Gasteiger partial charge in [-0.15, -0.1) is 24.0 Å². The molecule has 0 rings (SSSR count). The van der Waals surface area contributed by atoms with Gasteiger partial charge in [-0.05, 0) is 0 Å². The highest BCUT2D eigenvalue weighted by molar-refractivity contribution is 14.0. The minimum atomic E-state index is -2.78. The molecular formula is C2H7F3IN. The molecule has 0 heterocycles. The van der Waals surface area contributed by atoms with Crippen LogP contribution in [-0.2, 0) is 0 Å². The first-order valence-corrected chi connectivity index (χ1v) is 1.11. The lowest BCUT2D eigenvalue weighted by Gasteiger charge is -1.78. The quantitative estimate of drug-likeness (QED) is 0.685. The maximum atomic E-state index is 10.4. The molecule has 48 valence electrons. The van der Waals surface area contributed by atoms with Crippen molar-refractivity contribution >= 4 is 24.0 Å². The van der Waals surface area contributed by atoms with Gasteiger partial charge in [-0.2, -0.15) is 0 Å². The van der Waals surface area contributed by atoms with Gasteiger partial charge in [-0.1, -0.05) is 0 Å². The van der Waals surface area contributed by atoms with Crippen molar-refractivity contribution in [3.63, 3.8) is 0 Å². The van der Waals surface area contributed by atoms with Crippen LogP contribution in [0.5, 0.6) is 0 Å². The van der Waals surface area contributed by atoms with Crippen molar-refractivity contribution in [2.45, 2.75) is 6.43 Å². The maximum Gasteiger partial charge on any atom is 0.266 e. The molecule has 0 aliphatic rings. The molecule has 0 spiro atoms. The highest BCUT2D eigenvalue weighted by atomic mass is 127. The van der Waals surface area contributed by atoms with Crippen molar-refractivity contribution in [3.8, 4) is 0 Å². The summed E-state index contributed by atoms with van der Waals surface area (Å²) >= 11 is 0. The zero-order chi connectivity index (χ0) is 4.28.